The summed E-state index contributed by atoms with van der Waals surface area (Å²) < 4.78 is 21.6. The van der Waals surface area contributed by atoms with Crippen LogP contribution in [0, 0.1) is 0 Å². The molecule has 0 saturated carbocycles. The van der Waals surface area contributed by atoms with Crippen LogP contribution >= 0.6 is 0 Å². The Kier molecular flexibility index (Phi) is 7.75. The highest BCUT2D eigenvalue weighted by Crippen LogP contribution is 2.28. The number of aliphatic hydroxyl groups is 1. The zero-order valence-corrected chi connectivity index (χ0v) is 17.7. The number of carbonyl (C=O) groups is 3. The summed E-state index contributed by atoms with van der Waals surface area (Å²) in [5.74, 6) is -1.94. The minimum Gasteiger partial charge on any atom is -0.457 e. The van der Waals surface area contributed by atoms with Gasteiger partial charge in [-0.05, 0) is 30.3 Å². The van der Waals surface area contributed by atoms with Gasteiger partial charge >= 0.3 is 17.9 Å². The fourth-order valence-electron chi connectivity index (χ4n) is 3.34. The predicted octanol–water partition coefficient (Wildman–Crippen LogP) is 2.32. The molecule has 0 unspecified atom stereocenters. The van der Waals surface area contributed by atoms with Crippen LogP contribution in [0.3, 0.4) is 0 Å². The van der Waals surface area contributed by atoms with Gasteiger partial charge in [0.25, 0.3) is 0 Å². The van der Waals surface area contributed by atoms with Crippen molar-refractivity contribution in [1.29, 1.82) is 0 Å². The molecule has 0 amide bonds. The Morgan fingerprint density at radius 3 is 1.97 bits per heavy atom. The van der Waals surface area contributed by atoms with Crippen LogP contribution in [0.15, 0.2) is 72.3 Å². The van der Waals surface area contributed by atoms with Crippen molar-refractivity contribution in [3.8, 4) is 0 Å². The van der Waals surface area contributed by atoms with Crippen LogP contribution in [-0.2, 0) is 23.7 Å². The number of esters is 3. The molecule has 3 rings (SSSR count). The number of hydrogen-bond donors (Lipinski definition) is 1. The van der Waals surface area contributed by atoms with Gasteiger partial charge < -0.3 is 24.1 Å². The van der Waals surface area contributed by atoms with E-state index in [0.717, 1.165) is 0 Å². The van der Waals surface area contributed by atoms with Crippen LogP contribution in [0.5, 0.6) is 0 Å². The molecule has 0 bridgehead atoms. The number of ether oxygens (including phenoxy) is 4. The topological polar surface area (TPSA) is 108 Å². The molecule has 2 aromatic rings. The summed E-state index contributed by atoms with van der Waals surface area (Å²) in [5, 5.41) is 10.7. The van der Waals surface area contributed by atoms with Gasteiger partial charge in [-0.3, -0.25) is 4.79 Å². The van der Waals surface area contributed by atoms with Gasteiger partial charge in [0.1, 0.15) is 18.8 Å². The minimum absolute atomic E-state index is 0.252. The second-order valence-electron chi connectivity index (χ2n) is 7.14. The normalized spacial score (nSPS) is 22.4. The van der Waals surface area contributed by atoms with E-state index in [0.29, 0.717) is 11.1 Å². The summed E-state index contributed by atoms with van der Waals surface area (Å²) in [4.78, 5) is 36.7. The quantitative estimate of drug-likeness (QED) is 0.397. The van der Waals surface area contributed by atoms with Crippen molar-refractivity contribution in [3.63, 3.8) is 0 Å². The third-order valence-electron chi connectivity index (χ3n) is 4.91. The molecule has 0 fully saturated rings. The van der Waals surface area contributed by atoms with Gasteiger partial charge in [-0.15, -0.1) is 0 Å². The predicted molar refractivity (Wildman–Crippen MR) is 113 cm³/mol. The standard InChI is InChI=1S/C24H24O8/c1-15(25)31-21-18(14-30-23(27)16-9-5-3-6-10-16)13-19(29-2)20(26)22(21)32-24(28)17-11-7-4-8-12-17/h3-13,19-22,26H,14H2,1-2H3/t19-,20+,21-,22+/m0/s1. The number of benzene rings is 2. The molecule has 8 nitrogen and oxygen atoms in total. The zero-order valence-electron chi connectivity index (χ0n) is 17.7. The van der Waals surface area contributed by atoms with E-state index in [9.17, 15) is 19.5 Å². The Morgan fingerprint density at radius 1 is 0.875 bits per heavy atom. The summed E-state index contributed by atoms with van der Waals surface area (Å²) in [5.41, 5.74) is 0.942. The van der Waals surface area contributed by atoms with Crippen LogP contribution in [0.1, 0.15) is 27.6 Å². The molecule has 2 aromatic carbocycles. The Labute approximate surface area is 185 Å². The fourth-order valence-corrected chi connectivity index (χ4v) is 3.34. The molecule has 1 aliphatic carbocycles. The SMILES string of the molecule is CO[C@H]1C=C(COC(=O)c2ccccc2)[C@H](OC(C)=O)[C@H](OC(=O)c2ccccc2)[C@@H]1O. The largest absolute Gasteiger partial charge is 0.457 e. The molecule has 0 saturated heterocycles. The number of aliphatic hydroxyl groups excluding tert-OH is 1. The Balaban J connectivity index is 1.84. The van der Waals surface area contributed by atoms with Crippen molar-refractivity contribution in [2.75, 3.05) is 13.7 Å². The maximum Gasteiger partial charge on any atom is 0.338 e. The van der Waals surface area contributed by atoms with Crippen molar-refractivity contribution in [2.45, 2.75) is 31.3 Å². The second kappa shape index (κ2) is 10.7. The monoisotopic (exact) mass is 440 g/mol. The molecule has 8 heteroatoms. The fraction of sp³-hybridized carbons (Fsp3) is 0.292. The molecule has 1 N–H and O–H groups in total. The summed E-state index contributed by atoms with van der Waals surface area (Å²) in [6.45, 7) is 0.941. The first-order chi connectivity index (χ1) is 15.4. The number of rotatable bonds is 7. The van der Waals surface area contributed by atoms with Crippen LogP contribution in [-0.4, -0.2) is 61.1 Å². The average Bonchev–Trinajstić information content (AvgIpc) is 2.81. The first kappa shape index (κ1) is 23.2. The van der Waals surface area contributed by atoms with Gasteiger partial charge in [0.15, 0.2) is 12.2 Å². The number of methoxy groups -OCH3 is 1. The lowest BCUT2D eigenvalue weighted by molar-refractivity contribution is -0.161. The Hall–Kier alpha value is -3.49. The van der Waals surface area contributed by atoms with Gasteiger partial charge in [-0.25, -0.2) is 9.59 Å². The molecule has 0 heterocycles. The van der Waals surface area contributed by atoms with Gasteiger partial charge in [0.2, 0.25) is 0 Å². The summed E-state index contributed by atoms with van der Waals surface area (Å²) in [6, 6.07) is 16.6. The van der Waals surface area contributed by atoms with E-state index in [2.05, 4.69) is 0 Å². The molecule has 0 spiro atoms. The van der Waals surface area contributed by atoms with Crippen molar-refractivity contribution in [3.05, 3.63) is 83.4 Å². The highest BCUT2D eigenvalue weighted by molar-refractivity contribution is 5.90. The third kappa shape index (κ3) is 5.60. The van der Waals surface area contributed by atoms with Crippen molar-refractivity contribution in [2.24, 2.45) is 0 Å². The van der Waals surface area contributed by atoms with E-state index in [-0.39, 0.29) is 12.2 Å². The molecular formula is C24H24O8. The van der Waals surface area contributed by atoms with Crippen LogP contribution in [0.25, 0.3) is 0 Å². The van der Waals surface area contributed by atoms with E-state index in [1.54, 1.807) is 60.7 Å². The zero-order chi connectivity index (χ0) is 23.1. The minimum atomic E-state index is -1.31. The molecule has 0 radical (unpaired) electrons. The van der Waals surface area contributed by atoms with E-state index in [4.69, 9.17) is 18.9 Å². The molecule has 4 atom stereocenters. The Bertz CT molecular complexity index is 970. The number of hydrogen-bond acceptors (Lipinski definition) is 8. The summed E-state index contributed by atoms with van der Waals surface area (Å²) >= 11 is 0. The van der Waals surface area contributed by atoms with Crippen molar-refractivity contribution in [1.82, 2.24) is 0 Å². The van der Waals surface area contributed by atoms with E-state index in [1.165, 1.54) is 20.1 Å². The lowest BCUT2D eigenvalue weighted by Gasteiger charge is -2.37. The van der Waals surface area contributed by atoms with Crippen LogP contribution in [0.4, 0.5) is 0 Å². The summed E-state index contributed by atoms with van der Waals surface area (Å²) in [7, 11) is 1.38. The van der Waals surface area contributed by atoms with Gasteiger partial charge in [-0.1, -0.05) is 36.4 Å². The summed E-state index contributed by atoms with van der Waals surface area (Å²) in [6.07, 6.45) is -3.12. The molecular weight excluding hydrogens is 416 g/mol. The highest BCUT2D eigenvalue weighted by Gasteiger charge is 2.44. The van der Waals surface area contributed by atoms with Crippen molar-refractivity contribution >= 4 is 17.9 Å². The maximum absolute atomic E-state index is 12.6. The first-order valence-corrected chi connectivity index (χ1v) is 9.97. The van der Waals surface area contributed by atoms with E-state index in [1.807, 2.05) is 0 Å². The van der Waals surface area contributed by atoms with Crippen LogP contribution < -0.4 is 0 Å². The van der Waals surface area contributed by atoms with Gasteiger partial charge in [0.05, 0.1) is 11.1 Å². The van der Waals surface area contributed by atoms with Crippen LogP contribution in [0.2, 0.25) is 0 Å². The highest BCUT2D eigenvalue weighted by atomic mass is 16.6. The smallest absolute Gasteiger partial charge is 0.338 e. The average molecular weight is 440 g/mol. The molecule has 32 heavy (non-hydrogen) atoms. The lowest BCUT2D eigenvalue weighted by Crippen LogP contribution is -2.53. The number of carbonyl (C=O) groups excluding carboxylic acids is 3. The van der Waals surface area contributed by atoms with Gasteiger partial charge in [0, 0.05) is 19.6 Å². The maximum atomic E-state index is 12.6. The second-order valence-corrected chi connectivity index (χ2v) is 7.14. The van der Waals surface area contributed by atoms with E-state index < -0.39 is 42.3 Å². The van der Waals surface area contributed by atoms with E-state index >= 15 is 0 Å². The van der Waals surface area contributed by atoms with Crippen molar-refractivity contribution < 1.29 is 38.4 Å². The first-order valence-electron chi connectivity index (χ1n) is 9.97. The Morgan fingerprint density at radius 2 is 1.44 bits per heavy atom. The molecule has 0 aromatic heterocycles. The lowest BCUT2D eigenvalue weighted by atomic mass is 9.89. The van der Waals surface area contributed by atoms with Gasteiger partial charge in [-0.2, -0.15) is 0 Å². The molecule has 0 aliphatic heterocycles. The molecule has 1 aliphatic rings. The molecule has 168 valence electrons. The third-order valence-corrected chi connectivity index (χ3v) is 4.91.